The molecule has 0 saturated carbocycles. The fourth-order valence-corrected chi connectivity index (χ4v) is 1.75. The molecule has 0 aliphatic carbocycles. The van der Waals surface area contributed by atoms with Gasteiger partial charge in [0.05, 0.1) is 11.0 Å². The lowest BCUT2D eigenvalue weighted by molar-refractivity contribution is -0.125. The maximum absolute atomic E-state index is 11.7. The molecule has 0 radical (unpaired) electrons. The van der Waals surface area contributed by atoms with Crippen LogP contribution in [-0.2, 0) is 4.79 Å². The number of benzene rings is 1. The molecule has 3 amide bonds. The first kappa shape index (κ1) is 17.0. The quantitative estimate of drug-likeness (QED) is 0.641. The lowest BCUT2D eigenvalue weighted by Crippen LogP contribution is -2.43. The number of primary amides is 1. The standard InChI is InChI=1S/C13H16BrN3O4/c1-13(2,11(15)20)6-16-12(21)17-7-3-4-9(14)8(5-7)10(18)19/h3-5H,6H2,1-2H3,(H2,15,20)(H,18,19)(H2,16,17,21). The van der Waals surface area contributed by atoms with Crippen LogP contribution in [0.1, 0.15) is 24.2 Å². The van der Waals surface area contributed by atoms with Crippen molar-refractivity contribution in [2.45, 2.75) is 13.8 Å². The highest BCUT2D eigenvalue weighted by molar-refractivity contribution is 9.10. The molecule has 0 saturated heterocycles. The zero-order valence-corrected chi connectivity index (χ0v) is 13.2. The molecule has 0 spiro atoms. The summed E-state index contributed by atoms with van der Waals surface area (Å²) in [5.41, 5.74) is 4.68. The summed E-state index contributed by atoms with van der Waals surface area (Å²) in [6, 6.07) is 3.84. The van der Waals surface area contributed by atoms with Crippen molar-refractivity contribution in [2.75, 3.05) is 11.9 Å². The van der Waals surface area contributed by atoms with Gasteiger partial charge in [0, 0.05) is 16.7 Å². The van der Waals surface area contributed by atoms with Gasteiger partial charge in [-0.1, -0.05) is 0 Å². The van der Waals surface area contributed by atoms with Crippen LogP contribution in [0.3, 0.4) is 0 Å². The molecule has 0 unspecified atom stereocenters. The van der Waals surface area contributed by atoms with Gasteiger partial charge in [0.1, 0.15) is 0 Å². The summed E-state index contributed by atoms with van der Waals surface area (Å²) in [6.07, 6.45) is 0. The van der Waals surface area contributed by atoms with E-state index >= 15 is 0 Å². The number of nitrogens with two attached hydrogens (primary N) is 1. The van der Waals surface area contributed by atoms with E-state index < -0.39 is 23.3 Å². The molecule has 114 valence electrons. The fourth-order valence-electron chi connectivity index (χ4n) is 1.33. The van der Waals surface area contributed by atoms with Crippen LogP contribution in [0.4, 0.5) is 10.5 Å². The monoisotopic (exact) mass is 357 g/mol. The highest BCUT2D eigenvalue weighted by Crippen LogP contribution is 2.21. The summed E-state index contributed by atoms with van der Waals surface area (Å²) in [7, 11) is 0. The van der Waals surface area contributed by atoms with Gasteiger partial charge in [-0.2, -0.15) is 0 Å². The Balaban J connectivity index is 2.70. The normalized spacial score (nSPS) is 10.8. The van der Waals surface area contributed by atoms with Gasteiger partial charge in [-0.15, -0.1) is 0 Å². The van der Waals surface area contributed by atoms with Crippen molar-refractivity contribution < 1.29 is 19.5 Å². The zero-order chi connectivity index (χ0) is 16.2. The van der Waals surface area contributed by atoms with Crippen LogP contribution in [0.5, 0.6) is 0 Å². The molecular formula is C13H16BrN3O4. The maximum Gasteiger partial charge on any atom is 0.336 e. The Kier molecular flexibility index (Phi) is 5.31. The van der Waals surface area contributed by atoms with Crippen molar-refractivity contribution in [3.63, 3.8) is 0 Å². The number of carbonyl (C=O) groups excluding carboxylic acids is 2. The Labute approximate surface area is 130 Å². The number of carboxylic acid groups (broad SMARTS) is 1. The van der Waals surface area contributed by atoms with E-state index in [0.717, 1.165) is 0 Å². The van der Waals surface area contributed by atoms with Gasteiger partial charge in [0.2, 0.25) is 5.91 Å². The van der Waals surface area contributed by atoms with E-state index in [-0.39, 0.29) is 12.1 Å². The van der Waals surface area contributed by atoms with Crippen LogP contribution in [0, 0.1) is 5.41 Å². The van der Waals surface area contributed by atoms with E-state index in [4.69, 9.17) is 10.8 Å². The van der Waals surface area contributed by atoms with Crippen LogP contribution in [-0.4, -0.2) is 29.6 Å². The summed E-state index contributed by atoms with van der Waals surface area (Å²) < 4.78 is 0.413. The van der Waals surface area contributed by atoms with Gasteiger partial charge in [0.25, 0.3) is 0 Å². The Morgan fingerprint density at radius 3 is 2.48 bits per heavy atom. The van der Waals surface area contributed by atoms with Crippen molar-refractivity contribution in [1.29, 1.82) is 0 Å². The van der Waals surface area contributed by atoms with E-state index in [1.807, 2.05) is 0 Å². The molecule has 21 heavy (non-hydrogen) atoms. The summed E-state index contributed by atoms with van der Waals surface area (Å²) >= 11 is 3.11. The Hall–Kier alpha value is -2.09. The van der Waals surface area contributed by atoms with Crippen LogP contribution in [0.25, 0.3) is 0 Å². The molecular weight excluding hydrogens is 342 g/mol. The van der Waals surface area contributed by atoms with E-state index in [2.05, 4.69) is 26.6 Å². The van der Waals surface area contributed by atoms with Gasteiger partial charge >= 0.3 is 12.0 Å². The number of aromatic carboxylic acids is 1. The minimum atomic E-state index is -1.11. The SMILES string of the molecule is CC(C)(CNC(=O)Nc1ccc(Br)c(C(=O)O)c1)C(N)=O. The van der Waals surface area contributed by atoms with Crippen LogP contribution >= 0.6 is 15.9 Å². The first-order valence-electron chi connectivity index (χ1n) is 6.01. The zero-order valence-electron chi connectivity index (χ0n) is 11.6. The number of amides is 3. The Morgan fingerprint density at radius 1 is 1.33 bits per heavy atom. The van der Waals surface area contributed by atoms with E-state index in [9.17, 15) is 14.4 Å². The molecule has 0 aliphatic heterocycles. The molecule has 8 heteroatoms. The Bertz CT molecular complexity index is 587. The average Bonchev–Trinajstić information content (AvgIpc) is 2.38. The molecule has 7 nitrogen and oxygen atoms in total. The van der Waals surface area contributed by atoms with Gasteiger partial charge in [-0.3, -0.25) is 4.79 Å². The predicted molar refractivity (Wildman–Crippen MR) is 81.1 cm³/mol. The molecule has 0 aliphatic rings. The summed E-state index contributed by atoms with van der Waals surface area (Å²) in [5, 5.41) is 14.0. The smallest absolute Gasteiger partial charge is 0.336 e. The highest BCUT2D eigenvalue weighted by atomic mass is 79.9. The number of hydrogen-bond acceptors (Lipinski definition) is 3. The molecule has 1 aromatic carbocycles. The van der Waals surface area contributed by atoms with Gasteiger partial charge in [-0.25, -0.2) is 9.59 Å². The number of hydrogen-bond donors (Lipinski definition) is 4. The van der Waals surface area contributed by atoms with E-state index in [1.54, 1.807) is 19.9 Å². The number of anilines is 1. The molecule has 1 aromatic rings. The second-order valence-corrected chi connectivity index (χ2v) is 5.91. The second-order valence-electron chi connectivity index (χ2n) is 5.06. The average molecular weight is 358 g/mol. The molecule has 0 atom stereocenters. The first-order valence-corrected chi connectivity index (χ1v) is 6.80. The molecule has 0 bridgehead atoms. The van der Waals surface area contributed by atoms with E-state index in [1.165, 1.54) is 12.1 Å². The van der Waals surface area contributed by atoms with Gasteiger partial charge in [-0.05, 0) is 48.0 Å². The highest BCUT2D eigenvalue weighted by Gasteiger charge is 2.25. The van der Waals surface area contributed by atoms with E-state index in [0.29, 0.717) is 10.2 Å². The first-order chi connectivity index (χ1) is 9.63. The summed E-state index contributed by atoms with van der Waals surface area (Å²) in [4.78, 5) is 33.8. The minimum absolute atomic E-state index is 0.0327. The molecule has 1 rings (SSSR count). The van der Waals surface area contributed by atoms with Crippen LogP contribution in [0.2, 0.25) is 0 Å². The van der Waals surface area contributed by atoms with Gasteiger partial charge in [0.15, 0.2) is 0 Å². The van der Waals surface area contributed by atoms with Crippen molar-refractivity contribution in [3.8, 4) is 0 Å². The topological polar surface area (TPSA) is 122 Å². The van der Waals surface area contributed by atoms with Crippen molar-refractivity contribution in [3.05, 3.63) is 28.2 Å². The number of nitrogens with one attached hydrogen (secondary N) is 2. The minimum Gasteiger partial charge on any atom is -0.478 e. The third kappa shape index (κ3) is 4.75. The number of urea groups is 1. The number of carboxylic acids is 1. The molecule has 0 fully saturated rings. The maximum atomic E-state index is 11.7. The summed E-state index contributed by atoms with van der Waals surface area (Å²) in [5.74, 6) is -1.64. The molecule has 5 N–H and O–H groups in total. The van der Waals surface area contributed by atoms with Crippen LogP contribution in [0.15, 0.2) is 22.7 Å². The van der Waals surface area contributed by atoms with Gasteiger partial charge < -0.3 is 21.5 Å². The van der Waals surface area contributed by atoms with Crippen LogP contribution < -0.4 is 16.4 Å². The lowest BCUT2D eigenvalue weighted by Gasteiger charge is -2.20. The number of halogens is 1. The van der Waals surface area contributed by atoms with Crippen molar-refractivity contribution in [1.82, 2.24) is 5.32 Å². The second kappa shape index (κ2) is 6.57. The predicted octanol–water partition coefficient (Wildman–Crippen LogP) is 1.78. The molecule has 0 heterocycles. The Morgan fingerprint density at radius 2 is 1.95 bits per heavy atom. The van der Waals surface area contributed by atoms with Crippen molar-refractivity contribution >= 4 is 39.5 Å². The van der Waals surface area contributed by atoms with Crippen molar-refractivity contribution in [2.24, 2.45) is 11.1 Å². The third-order valence-electron chi connectivity index (χ3n) is 2.81. The largest absolute Gasteiger partial charge is 0.478 e. The lowest BCUT2D eigenvalue weighted by atomic mass is 9.93. The fraction of sp³-hybridized carbons (Fsp3) is 0.308. The number of rotatable bonds is 5. The molecule has 0 aromatic heterocycles. The summed E-state index contributed by atoms with van der Waals surface area (Å²) in [6.45, 7) is 3.28. The number of carbonyl (C=O) groups is 3. The third-order valence-corrected chi connectivity index (χ3v) is 3.50.